The molecule has 1 amide bonds. The molecule has 12 heteroatoms. The molecule has 0 aliphatic rings. The minimum atomic E-state index is -3.88. The summed E-state index contributed by atoms with van der Waals surface area (Å²) in [6, 6.07) is 27.3. The maximum atomic E-state index is 13.1. The molecule has 0 fully saturated rings. The van der Waals surface area contributed by atoms with Crippen LogP contribution >= 0.6 is 23.5 Å². The summed E-state index contributed by atoms with van der Waals surface area (Å²) in [7, 11) is -2.32. The Morgan fingerprint density at radius 2 is 1.73 bits per heavy atom. The highest BCUT2D eigenvalue weighted by Crippen LogP contribution is 2.38. The Morgan fingerprint density at radius 3 is 2.51 bits per heavy atom. The van der Waals surface area contributed by atoms with Gasteiger partial charge in [0, 0.05) is 33.5 Å². The molecule has 2 heterocycles. The first kappa shape index (κ1) is 28.3. The number of nitrogens with one attached hydrogen (secondary N) is 3. The van der Waals surface area contributed by atoms with Crippen molar-refractivity contribution in [1.29, 1.82) is 0 Å². The second-order valence-corrected chi connectivity index (χ2v) is 12.4. The Bertz CT molecular complexity index is 1760. The number of amides is 1. The molecule has 0 radical (unpaired) electrons. The Hall–Kier alpha value is -4.26. The number of benzene rings is 3. The zero-order valence-corrected chi connectivity index (χ0v) is 24.2. The lowest BCUT2D eigenvalue weighted by Crippen LogP contribution is -2.13. The molecule has 0 saturated carbocycles. The fourth-order valence-electron chi connectivity index (χ4n) is 3.91. The molecule has 0 unspecified atom stereocenters. The zero-order chi connectivity index (χ0) is 28.7. The summed E-state index contributed by atoms with van der Waals surface area (Å²) in [4.78, 5) is 17.4. The third-order valence-electron chi connectivity index (χ3n) is 5.82. The lowest BCUT2D eigenvalue weighted by Gasteiger charge is -2.10. The molecule has 0 aliphatic carbocycles. The first-order valence-electron chi connectivity index (χ1n) is 12.3. The fraction of sp³-hybridized carbons (Fsp3) is 0.0690. The van der Waals surface area contributed by atoms with E-state index >= 15 is 0 Å². The molecule has 3 aromatic carbocycles. The molecule has 0 saturated heterocycles. The lowest BCUT2D eigenvalue weighted by molar-refractivity contribution is -0.105. The summed E-state index contributed by atoms with van der Waals surface area (Å²) < 4.78 is 34.2. The second kappa shape index (κ2) is 12.9. The van der Waals surface area contributed by atoms with Gasteiger partial charge in [0.25, 0.3) is 10.0 Å². The molecule has 41 heavy (non-hydrogen) atoms. The predicted molar refractivity (Wildman–Crippen MR) is 162 cm³/mol. The molecule has 3 N–H and O–H groups in total. The van der Waals surface area contributed by atoms with Gasteiger partial charge >= 0.3 is 0 Å². The summed E-state index contributed by atoms with van der Waals surface area (Å²) in [5.41, 5.74) is 2.83. The number of carbonyl (C=O) groups excluding carboxylic acids is 1. The SMILES string of the molecule is COc1ccnc(-c2c(NS(=O)(=O)c3ccccc3)n[nH]c2SCc2cccc(Sc3cccc(NC=O)c3)c2)c1. The lowest BCUT2D eigenvalue weighted by atomic mass is 10.2. The maximum absolute atomic E-state index is 13.1. The van der Waals surface area contributed by atoms with Crippen molar-refractivity contribution in [3.63, 3.8) is 0 Å². The van der Waals surface area contributed by atoms with E-state index in [-0.39, 0.29) is 10.7 Å². The van der Waals surface area contributed by atoms with E-state index in [2.05, 4.69) is 31.3 Å². The van der Waals surface area contributed by atoms with Crippen molar-refractivity contribution in [3.8, 4) is 17.0 Å². The smallest absolute Gasteiger partial charge is 0.263 e. The van der Waals surface area contributed by atoms with Crippen molar-refractivity contribution in [2.75, 3.05) is 17.1 Å². The monoisotopic (exact) mass is 603 g/mol. The van der Waals surface area contributed by atoms with Crippen LogP contribution < -0.4 is 14.8 Å². The van der Waals surface area contributed by atoms with Crippen LogP contribution in [0.2, 0.25) is 0 Å². The van der Waals surface area contributed by atoms with E-state index in [1.165, 1.54) is 23.9 Å². The van der Waals surface area contributed by atoms with Gasteiger partial charge in [-0.3, -0.25) is 19.6 Å². The molecule has 0 atom stereocenters. The van der Waals surface area contributed by atoms with Gasteiger partial charge in [-0.05, 0) is 54.1 Å². The summed E-state index contributed by atoms with van der Waals surface area (Å²) in [6.45, 7) is 0. The molecule has 5 aromatic rings. The average molecular weight is 604 g/mol. The Kier molecular flexibility index (Phi) is 8.92. The molecule has 0 aliphatic heterocycles. The average Bonchev–Trinajstić information content (AvgIpc) is 3.38. The standard InChI is InChI=1S/C29H25N5O4S3/c1-38-22-13-14-30-26(17-22)27-28(34-41(36,37)25-11-3-2-4-12-25)32-33-29(27)39-18-20-7-5-9-23(15-20)40-24-10-6-8-21(16-24)31-19-35/h2-17,19H,18H2,1H3,(H,31,35)(H2,32,33,34). The maximum Gasteiger partial charge on any atom is 0.263 e. The number of nitrogens with zero attached hydrogens (tertiary/aromatic N) is 2. The van der Waals surface area contributed by atoms with Crippen LogP contribution in [0.1, 0.15) is 5.56 Å². The molecular formula is C29H25N5O4S3. The van der Waals surface area contributed by atoms with E-state index in [9.17, 15) is 13.2 Å². The third-order valence-corrected chi connectivity index (χ3v) is 9.21. The van der Waals surface area contributed by atoms with Gasteiger partial charge in [0.2, 0.25) is 6.41 Å². The van der Waals surface area contributed by atoms with Crippen LogP contribution in [0.3, 0.4) is 0 Å². The number of methoxy groups -OCH3 is 1. The molecule has 0 spiro atoms. The number of rotatable bonds is 12. The number of hydrogen-bond acceptors (Lipinski definition) is 8. The topological polar surface area (TPSA) is 126 Å². The number of hydrogen-bond donors (Lipinski definition) is 3. The van der Waals surface area contributed by atoms with Crippen molar-refractivity contribution >= 4 is 51.5 Å². The van der Waals surface area contributed by atoms with Gasteiger partial charge in [0.05, 0.1) is 23.3 Å². The van der Waals surface area contributed by atoms with Crippen molar-refractivity contribution in [2.24, 2.45) is 0 Å². The van der Waals surface area contributed by atoms with Gasteiger partial charge in [0.15, 0.2) is 5.82 Å². The number of ether oxygens (including phenoxy) is 1. The first-order valence-corrected chi connectivity index (χ1v) is 15.6. The van der Waals surface area contributed by atoms with E-state index in [1.54, 1.807) is 55.4 Å². The minimum absolute atomic E-state index is 0.128. The van der Waals surface area contributed by atoms with Crippen molar-refractivity contribution in [2.45, 2.75) is 25.5 Å². The van der Waals surface area contributed by atoms with Gasteiger partial charge in [-0.25, -0.2) is 8.42 Å². The van der Waals surface area contributed by atoms with Crippen LogP contribution in [0.5, 0.6) is 5.75 Å². The quantitative estimate of drug-likeness (QED) is 0.112. The second-order valence-electron chi connectivity index (χ2n) is 8.60. The van der Waals surface area contributed by atoms with E-state index in [4.69, 9.17) is 4.74 Å². The number of aromatic amines is 1. The Balaban J connectivity index is 1.40. The van der Waals surface area contributed by atoms with Crippen LogP contribution in [0.4, 0.5) is 11.5 Å². The fourth-order valence-corrected chi connectivity index (χ4v) is 6.85. The number of H-pyrrole nitrogens is 1. The van der Waals surface area contributed by atoms with Gasteiger partial charge in [0.1, 0.15) is 10.8 Å². The number of anilines is 2. The van der Waals surface area contributed by atoms with Crippen molar-refractivity contribution < 1.29 is 17.9 Å². The normalized spacial score (nSPS) is 11.1. The molecule has 9 nitrogen and oxygen atoms in total. The predicted octanol–water partition coefficient (Wildman–Crippen LogP) is 6.29. The van der Waals surface area contributed by atoms with E-state index < -0.39 is 10.0 Å². The highest BCUT2D eigenvalue weighted by Gasteiger charge is 2.23. The van der Waals surface area contributed by atoms with Gasteiger partial charge < -0.3 is 10.1 Å². The Labute approximate surface area is 246 Å². The summed E-state index contributed by atoms with van der Waals surface area (Å²) in [5, 5.41) is 10.6. The van der Waals surface area contributed by atoms with Crippen LogP contribution in [-0.2, 0) is 20.6 Å². The van der Waals surface area contributed by atoms with Gasteiger partial charge in [-0.1, -0.05) is 48.2 Å². The van der Waals surface area contributed by atoms with Crippen molar-refractivity contribution in [3.05, 3.63) is 103 Å². The molecule has 2 aromatic heterocycles. The van der Waals surface area contributed by atoms with Crippen LogP contribution in [0.15, 0.2) is 117 Å². The van der Waals surface area contributed by atoms with Gasteiger partial charge in [-0.15, -0.1) is 11.8 Å². The Morgan fingerprint density at radius 1 is 0.951 bits per heavy atom. The van der Waals surface area contributed by atoms with Crippen molar-refractivity contribution in [1.82, 2.24) is 15.2 Å². The van der Waals surface area contributed by atoms with E-state index in [1.807, 2.05) is 42.5 Å². The summed E-state index contributed by atoms with van der Waals surface area (Å²) >= 11 is 3.07. The summed E-state index contributed by atoms with van der Waals surface area (Å²) in [5.74, 6) is 1.32. The molecule has 208 valence electrons. The van der Waals surface area contributed by atoms with Crippen LogP contribution in [0, 0.1) is 0 Å². The van der Waals surface area contributed by atoms with E-state index in [0.717, 1.165) is 21.0 Å². The van der Waals surface area contributed by atoms with E-state index in [0.29, 0.717) is 34.2 Å². The zero-order valence-electron chi connectivity index (χ0n) is 21.8. The van der Waals surface area contributed by atoms with Crippen LogP contribution in [0.25, 0.3) is 11.3 Å². The number of pyridine rings is 1. The molecule has 0 bridgehead atoms. The van der Waals surface area contributed by atoms with Crippen LogP contribution in [-0.4, -0.2) is 37.1 Å². The number of carbonyl (C=O) groups is 1. The highest BCUT2D eigenvalue weighted by molar-refractivity contribution is 7.99. The highest BCUT2D eigenvalue weighted by atomic mass is 32.2. The molecule has 5 rings (SSSR count). The number of aromatic nitrogens is 3. The minimum Gasteiger partial charge on any atom is -0.497 e. The third kappa shape index (κ3) is 7.09. The van der Waals surface area contributed by atoms with Gasteiger partial charge in [-0.2, -0.15) is 5.10 Å². The summed E-state index contributed by atoms with van der Waals surface area (Å²) in [6.07, 6.45) is 2.26. The first-order chi connectivity index (χ1) is 19.9. The largest absolute Gasteiger partial charge is 0.497 e. The number of sulfonamides is 1. The number of thioether (sulfide) groups is 1. The molecular weight excluding hydrogens is 579 g/mol.